The molecular formula is C48H34N4O. The van der Waals surface area contributed by atoms with Gasteiger partial charge in [0.15, 0.2) is 17.5 Å². The van der Waals surface area contributed by atoms with Gasteiger partial charge in [0.05, 0.1) is 17.0 Å². The Morgan fingerprint density at radius 2 is 1.30 bits per heavy atom. The van der Waals surface area contributed by atoms with Crippen molar-refractivity contribution < 1.29 is 4.74 Å². The number of ether oxygens (including phenoxy) is 1. The van der Waals surface area contributed by atoms with E-state index in [1.807, 2.05) is 60.7 Å². The Morgan fingerprint density at radius 1 is 0.623 bits per heavy atom. The van der Waals surface area contributed by atoms with Gasteiger partial charge in [-0.15, -0.1) is 0 Å². The molecule has 6 aromatic carbocycles. The van der Waals surface area contributed by atoms with Crippen molar-refractivity contribution >= 4 is 27.4 Å². The summed E-state index contributed by atoms with van der Waals surface area (Å²) in [5.41, 5.74) is 12.9. The number of nitrogens with zero attached hydrogens (tertiary/aromatic N) is 4. The van der Waals surface area contributed by atoms with Crippen LogP contribution in [0.3, 0.4) is 0 Å². The minimum atomic E-state index is -0.169. The van der Waals surface area contributed by atoms with E-state index in [0.717, 1.165) is 33.7 Å². The third-order valence-corrected chi connectivity index (χ3v) is 11.4. The highest BCUT2D eigenvalue weighted by Crippen LogP contribution is 2.54. The van der Waals surface area contributed by atoms with E-state index in [0.29, 0.717) is 17.5 Å². The summed E-state index contributed by atoms with van der Waals surface area (Å²) >= 11 is 0. The van der Waals surface area contributed by atoms with Crippen molar-refractivity contribution in [3.63, 3.8) is 0 Å². The minimum Gasteiger partial charge on any atom is -0.485 e. The second kappa shape index (κ2) is 11.2. The van der Waals surface area contributed by atoms with E-state index in [2.05, 4.69) is 116 Å². The monoisotopic (exact) mass is 682 g/mol. The average molecular weight is 683 g/mol. The maximum absolute atomic E-state index is 6.79. The van der Waals surface area contributed by atoms with Crippen molar-refractivity contribution in [2.45, 2.75) is 31.3 Å². The lowest BCUT2D eigenvalue weighted by Crippen LogP contribution is -2.20. The van der Waals surface area contributed by atoms with Crippen molar-refractivity contribution in [3.8, 4) is 45.3 Å². The molecule has 0 saturated carbocycles. The Kier molecular flexibility index (Phi) is 6.36. The molecule has 0 radical (unpaired) electrons. The smallest absolute Gasteiger partial charge is 0.164 e. The average Bonchev–Trinajstić information content (AvgIpc) is 3.83. The molecule has 0 amide bonds. The molecule has 8 aromatic rings. The first-order valence-electron chi connectivity index (χ1n) is 18.3. The number of hydrogen-bond donors (Lipinski definition) is 0. The van der Waals surface area contributed by atoms with Gasteiger partial charge in [-0.1, -0.05) is 141 Å². The normalized spacial score (nSPS) is 17.6. The Balaban J connectivity index is 1.05. The first-order chi connectivity index (χ1) is 26.0. The summed E-state index contributed by atoms with van der Waals surface area (Å²) in [6.07, 6.45) is 6.19. The molecule has 0 saturated heterocycles. The van der Waals surface area contributed by atoms with E-state index in [1.165, 1.54) is 44.1 Å². The summed E-state index contributed by atoms with van der Waals surface area (Å²) in [7, 11) is 0. The fraction of sp³-hybridized carbons (Fsp3) is 0.104. The molecule has 0 bridgehead atoms. The van der Waals surface area contributed by atoms with Crippen LogP contribution in [0.4, 0.5) is 0 Å². The Hall–Kier alpha value is -6.59. The van der Waals surface area contributed by atoms with E-state index in [-0.39, 0.29) is 17.4 Å². The number of para-hydroxylation sites is 1. The maximum atomic E-state index is 6.79. The van der Waals surface area contributed by atoms with Gasteiger partial charge >= 0.3 is 0 Å². The number of allylic oxidation sites excluding steroid dienone is 2. The molecule has 5 heteroatoms. The quantitative estimate of drug-likeness (QED) is 0.185. The Morgan fingerprint density at radius 3 is 2.08 bits per heavy atom. The molecule has 0 fully saturated rings. The van der Waals surface area contributed by atoms with Gasteiger partial charge in [-0.25, -0.2) is 15.0 Å². The molecule has 5 nitrogen and oxygen atoms in total. The van der Waals surface area contributed by atoms with Crippen LogP contribution in [0.15, 0.2) is 158 Å². The zero-order chi connectivity index (χ0) is 35.3. The van der Waals surface area contributed by atoms with Crippen molar-refractivity contribution in [2.75, 3.05) is 0 Å². The molecule has 252 valence electrons. The highest BCUT2D eigenvalue weighted by Gasteiger charge is 2.40. The highest BCUT2D eigenvalue weighted by atomic mass is 16.5. The Labute approximate surface area is 307 Å². The number of fused-ring (bicyclic) bond motifs is 10. The van der Waals surface area contributed by atoms with Crippen LogP contribution in [-0.2, 0) is 5.41 Å². The van der Waals surface area contributed by atoms with Crippen LogP contribution in [0.5, 0.6) is 5.75 Å². The standard InChI is InChI=1S/C48H34N4O/c1-48(2)36-21-11-9-18-32(36)43-37(48)26-27-39-44(43)33-19-10-12-22-38(33)52(39)31-24-25-34-41(28-31)53-40-23-13-20-35(42(34)40)47-50-45(29-14-5-3-6-15-29)49-46(51-47)30-16-7-4-8-17-30/h3-28,40,42H,1-2H3. The second-order valence-electron chi connectivity index (χ2n) is 14.7. The SMILES string of the molecule is CC1(C)c2ccccc2-c2c1ccc1c2c2ccccc2n1-c1ccc2c(c1)OC1C=CC=C(c3nc(-c4ccccc4)nc(-c4ccccc4)n3)C21. The molecule has 2 aliphatic carbocycles. The molecular weight excluding hydrogens is 649 g/mol. The molecule has 0 N–H and O–H groups in total. The molecule has 11 rings (SSSR count). The Bertz CT molecular complexity index is 2790. The van der Waals surface area contributed by atoms with Crippen LogP contribution < -0.4 is 4.74 Å². The molecule has 2 atom stereocenters. The van der Waals surface area contributed by atoms with Gasteiger partial charge in [-0.3, -0.25) is 0 Å². The van der Waals surface area contributed by atoms with Crippen molar-refractivity contribution in [1.29, 1.82) is 0 Å². The molecule has 1 aliphatic heterocycles. The fourth-order valence-electron chi connectivity index (χ4n) is 8.96. The van der Waals surface area contributed by atoms with E-state index in [9.17, 15) is 0 Å². The van der Waals surface area contributed by atoms with Crippen molar-refractivity contribution in [3.05, 3.63) is 180 Å². The summed E-state index contributed by atoms with van der Waals surface area (Å²) < 4.78 is 9.19. The van der Waals surface area contributed by atoms with Gasteiger partial charge in [-0.05, 0) is 46.5 Å². The maximum Gasteiger partial charge on any atom is 0.164 e. The summed E-state index contributed by atoms with van der Waals surface area (Å²) in [5, 5.41) is 2.56. The number of aromatic nitrogens is 4. The first-order valence-corrected chi connectivity index (χ1v) is 18.3. The van der Waals surface area contributed by atoms with Crippen LogP contribution in [-0.4, -0.2) is 25.6 Å². The lowest BCUT2D eigenvalue weighted by atomic mass is 9.82. The van der Waals surface area contributed by atoms with Gasteiger partial charge in [0.1, 0.15) is 11.9 Å². The minimum absolute atomic E-state index is 0.0566. The molecule has 3 heterocycles. The number of benzene rings is 6. The zero-order valence-corrected chi connectivity index (χ0v) is 29.4. The van der Waals surface area contributed by atoms with E-state index < -0.39 is 0 Å². The summed E-state index contributed by atoms with van der Waals surface area (Å²) in [6.45, 7) is 4.69. The van der Waals surface area contributed by atoms with Gasteiger partial charge < -0.3 is 9.30 Å². The van der Waals surface area contributed by atoms with Gasteiger partial charge in [0.2, 0.25) is 0 Å². The summed E-state index contributed by atoms with van der Waals surface area (Å²) in [5.74, 6) is 2.80. The molecule has 2 unspecified atom stereocenters. The largest absolute Gasteiger partial charge is 0.485 e. The predicted molar refractivity (Wildman–Crippen MR) is 213 cm³/mol. The molecule has 53 heavy (non-hydrogen) atoms. The van der Waals surface area contributed by atoms with Crippen LogP contribution >= 0.6 is 0 Å². The topological polar surface area (TPSA) is 52.8 Å². The van der Waals surface area contributed by atoms with Gasteiger partial charge in [-0.2, -0.15) is 0 Å². The van der Waals surface area contributed by atoms with Gasteiger partial charge in [0.25, 0.3) is 0 Å². The van der Waals surface area contributed by atoms with Crippen LogP contribution in [0.1, 0.15) is 42.3 Å². The fourth-order valence-corrected chi connectivity index (χ4v) is 8.96. The van der Waals surface area contributed by atoms with Crippen molar-refractivity contribution in [1.82, 2.24) is 19.5 Å². The highest BCUT2D eigenvalue weighted by molar-refractivity contribution is 6.17. The van der Waals surface area contributed by atoms with Crippen LogP contribution in [0, 0.1) is 0 Å². The lowest BCUT2D eigenvalue weighted by Gasteiger charge is -2.22. The van der Waals surface area contributed by atoms with E-state index >= 15 is 0 Å². The summed E-state index contributed by atoms with van der Waals surface area (Å²) in [4.78, 5) is 15.1. The second-order valence-corrected chi connectivity index (χ2v) is 14.7. The van der Waals surface area contributed by atoms with Crippen LogP contribution in [0.2, 0.25) is 0 Å². The lowest BCUT2D eigenvalue weighted by molar-refractivity contribution is 0.271. The third-order valence-electron chi connectivity index (χ3n) is 11.4. The summed E-state index contributed by atoms with van der Waals surface area (Å²) in [6, 6.07) is 49.3. The zero-order valence-electron chi connectivity index (χ0n) is 29.4. The molecule has 0 spiro atoms. The van der Waals surface area contributed by atoms with Gasteiger partial charge in [0, 0.05) is 50.2 Å². The number of hydrogen-bond acceptors (Lipinski definition) is 4. The molecule has 2 aromatic heterocycles. The number of rotatable bonds is 4. The van der Waals surface area contributed by atoms with E-state index in [1.54, 1.807) is 0 Å². The van der Waals surface area contributed by atoms with Crippen molar-refractivity contribution in [2.24, 2.45) is 0 Å². The predicted octanol–water partition coefficient (Wildman–Crippen LogP) is 11.1. The molecule has 3 aliphatic rings. The van der Waals surface area contributed by atoms with E-state index in [4.69, 9.17) is 19.7 Å². The third kappa shape index (κ3) is 4.40. The first kappa shape index (κ1) is 30.1. The van der Waals surface area contributed by atoms with Crippen LogP contribution in [0.25, 0.3) is 67.0 Å².